The summed E-state index contributed by atoms with van der Waals surface area (Å²) >= 11 is 23.9. The third-order valence-corrected chi connectivity index (χ3v) is 5.60. The van der Waals surface area contributed by atoms with Crippen LogP contribution in [0.4, 0.5) is 17.1 Å². The molecule has 0 heterocycles. The zero-order valence-corrected chi connectivity index (χ0v) is 20.6. The molecular formula is C24H15Cl4N3O4. The summed E-state index contributed by atoms with van der Waals surface area (Å²) in [7, 11) is 0. The van der Waals surface area contributed by atoms with E-state index in [0.717, 1.165) is 0 Å². The lowest BCUT2D eigenvalue weighted by molar-refractivity contribution is -0.383. The molecular weight excluding hydrogens is 536 g/mol. The maximum absolute atomic E-state index is 12.4. The van der Waals surface area contributed by atoms with E-state index in [1.165, 1.54) is 48.6 Å². The van der Waals surface area contributed by atoms with Crippen molar-refractivity contribution in [1.29, 1.82) is 0 Å². The van der Waals surface area contributed by atoms with Gasteiger partial charge in [-0.2, -0.15) is 0 Å². The number of carbonyl (C=O) groups excluding carboxylic acids is 2. The average molecular weight is 551 g/mol. The third kappa shape index (κ3) is 7.56. The zero-order chi connectivity index (χ0) is 25.5. The van der Waals surface area contributed by atoms with Crippen molar-refractivity contribution < 1.29 is 14.5 Å². The molecule has 2 amide bonds. The number of halogens is 4. The van der Waals surface area contributed by atoms with E-state index < -0.39 is 16.7 Å². The van der Waals surface area contributed by atoms with Crippen LogP contribution in [0.2, 0.25) is 20.1 Å². The number of hydrogen-bond acceptors (Lipinski definition) is 4. The van der Waals surface area contributed by atoms with Gasteiger partial charge in [0.1, 0.15) is 5.69 Å². The number of hydrogen-bond donors (Lipinski definition) is 2. The molecule has 0 spiro atoms. The monoisotopic (exact) mass is 549 g/mol. The molecule has 0 saturated heterocycles. The molecule has 0 aliphatic carbocycles. The predicted octanol–water partition coefficient (Wildman–Crippen LogP) is 7.51. The summed E-state index contributed by atoms with van der Waals surface area (Å²) < 4.78 is 0. The largest absolute Gasteiger partial charge is 0.322 e. The van der Waals surface area contributed by atoms with Gasteiger partial charge in [-0.1, -0.05) is 58.5 Å². The standard InChI is InChI=1S/C24H15Cl4N3O4/c25-16-5-1-14(19(27)11-16)3-9-23(32)29-18-7-8-22(31(34)35)21(13-18)30-24(33)10-4-15-2-6-17(26)12-20(15)28/h1-13H,(H,29,32)(H,30,33)/b9-3+,10-4+. The first kappa shape index (κ1) is 26.2. The Morgan fingerprint density at radius 3 is 1.74 bits per heavy atom. The highest BCUT2D eigenvalue weighted by Crippen LogP contribution is 2.28. The van der Waals surface area contributed by atoms with Crippen LogP contribution in [-0.4, -0.2) is 16.7 Å². The molecule has 3 aromatic rings. The fraction of sp³-hybridized carbons (Fsp3) is 0. The van der Waals surface area contributed by atoms with E-state index in [1.807, 2.05) is 0 Å². The smallest absolute Gasteiger partial charge is 0.292 e. The van der Waals surface area contributed by atoms with Crippen LogP contribution in [0.3, 0.4) is 0 Å². The van der Waals surface area contributed by atoms with E-state index in [1.54, 1.807) is 30.3 Å². The van der Waals surface area contributed by atoms with Gasteiger partial charge in [-0.3, -0.25) is 19.7 Å². The molecule has 0 aromatic heterocycles. The highest BCUT2D eigenvalue weighted by molar-refractivity contribution is 6.36. The molecule has 178 valence electrons. The molecule has 0 bridgehead atoms. The molecule has 35 heavy (non-hydrogen) atoms. The Morgan fingerprint density at radius 2 is 1.26 bits per heavy atom. The Bertz CT molecular complexity index is 1370. The van der Waals surface area contributed by atoms with Crippen LogP contribution in [0.5, 0.6) is 0 Å². The van der Waals surface area contributed by atoms with Crippen LogP contribution in [0.1, 0.15) is 11.1 Å². The molecule has 0 unspecified atom stereocenters. The zero-order valence-electron chi connectivity index (χ0n) is 17.6. The summed E-state index contributed by atoms with van der Waals surface area (Å²) in [5.74, 6) is -1.15. The minimum Gasteiger partial charge on any atom is -0.322 e. The highest BCUT2D eigenvalue weighted by Gasteiger charge is 2.16. The first-order valence-electron chi connectivity index (χ1n) is 9.79. The Labute approximate surface area is 220 Å². The van der Waals surface area contributed by atoms with Crippen molar-refractivity contribution >= 4 is 87.4 Å². The van der Waals surface area contributed by atoms with Crippen molar-refractivity contribution in [3.63, 3.8) is 0 Å². The van der Waals surface area contributed by atoms with E-state index >= 15 is 0 Å². The summed E-state index contributed by atoms with van der Waals surface area (Å²) in [5, 5.41) is 18.0. The summed E-state index contributed by atoms with van der Waals surface area (Å²) in [5.41, 5.74) is 0.893. The van der Waals surface area contributed by atoms with E-state index in [4.69, 9.17) is 46.4 Å². The molecule has 7 nitrogen and oxygen atoms in total. The van der Waals surface area contributed by atoms with Crippen molar-refractivity contribution in [1.82, 2.24) is 0 Å². The van der Waals surface area contributed by atoms with Gasteiger partial charge in [-0.25, -0.2) is 0 Å². The maximum atomic E-state index is 12.4. The predicted molar refractivity (Wildman–Crippen MR) is 141 cm³/mol. The van der Waals surface area contributed by atoms with Crippen LogP contribution in [0.25, 0.3) is 12.2 Å². The van der Waals surface area contributed by atoms with Gasteiger partial charge in [0.25, 0.3) is 5.69 Å². The van der Waals surface area contributed by atoms with Crippen molar-refractivity contribution in [2.24, 2.45) is 0 Å². The number of nitrogens with one attached hydrogen (secondary N) is 2. The van der Waals surface area contributed by atoms with Crippen LogP contribution in [0, 0.1) is 10.1 Å². The Kier molecular flexibility index (Phi) is 8.89. The molecule has 0 radical (unpaired) electrons. The van der Waals surface area contributed by atoms with E-state index in [9.17, 15) is 19.7 Å². The maximum Gasteiger partial charge on any atom is 0.292 e. The van der Waals surface area contributed by atoms with E-state index in [0.29, 0.717) is 31.2 Å². The molecule has 2 N–H and O–H groups in total. The molecule has 11 heteroatoms. The SMILES string of the molecule is O=C(/C=C/c1ccc(Cl)cc1Cl)Nc1ccc([N+](=O)[O-])c(NC(=O)/C=C/c2ccc(Cl)cc2Cl)c1. The number of benzene rings is 3. The third-order valence-electron chi connectivity index (χ3n) is 4.47. The number of carbonyl (C=O) groups is 2. The van der Waals surface area contributed by atoms with Crippen molar-refractivity contribution in [2.45, 2.75) is 0 Å². The van der Waals surface area contributed by atoms with Gasteiger partial charge < -0.3 is 10.6 Å². The minimum absolute atomic E-state index is 0.102. The number of anilines is 2. The highest BCUT2D eigenvalue weighted by atomic mass is 35.5. The van der Waals surface area contributed by atoms with Crippen molar-refractivity contribution in [3.05, 3.63) is 108 Å². The molecule has 3 aromatic carbocycles. The van der Waals surface area contributed by atoms with E-state index in [-0.39, 0.29) is 17.1 Å². The summed E-state index contributed by atoms with van der Waals surface area (Å²) in [4.78, 5) is 35.4. The van der Waals surface area contributed by atoms with Crippen LogP contribution in [-0.2, 0) is 9.59 Å². The van der Waals surface area contributed by atoms with Crippen LogP contribution < -0.4 is 10.6 Å². The van der Waals surface area contributed by atoms with Gasteiger partial charge in [0, 0.05) is 44.0 Å². The first-order chi connectivity index (χ1) is 16.6. The van der Waals surface area contributed by atoms with Gasteiger partial charge >= 0.3 is 0 Å². The van der Waals surface area contributed by atoms with Crippen molar-refractivity contribution in [2.75, 3.05) is 10.6 Å². The number of rotatable bonds is 7. The van der Waals surface area contributed by atoms with E-state index in [2.05, 4.69) is 10.6 Å². The van der Waals surface area contributed by atoms with Gasteiger partial charge in [-0.15, -0.1) is 0 Å². The minimum atomic E-state index is -0.649. The van der Waals surface area contributed by atoms with Gasteiger partial charge in [0.15, 0.2) is 0 Å². The fourth-order valence-electron chi connectivity index (χ4n) is 2.84. The quantitative estimate of drug-likeness (QED) is 0.180. The molecule has 0 atom stereocenters. The fourth-order valence-corrected chi connectivity index (χ4v) is 3.78. The Hall–Kier alpha value is -3.36. The summed E-state index contributed by atoms with van der Waals surface area (Å²) in [6, 6.07) is 13.4. The Morgan fingerprint density at radius 1 is 0.743 bits per heavy atom. The van der Waals surface area contributed by atoms with Crippen LogP contribution >= 0.6 is 46.4 Å². The second-order valence-corrected chi connectivity index (χ2v) is 8.65. The lowest BCUT2D eigenvalue weighted by atomic mass is 10.2. The first-order valence-corrected chi connectivity index (χ1v) is 11.3. The number of nitro benzene ring substituents is 1. The summed E-state index contributed by atoms with van der Waals surface area (Å²) in [6.07, 6.45) is 5.35. The molecule has 0 aliphatic rings. The number of nitro groups is 1. The second-order valence-electron chi connectivity index (χ2n) is 6.97. The molecule has 0 fully saturated rings. The lowest BCUT2D eigenvalue weighted by Crippen LogP contribution is -2.12. The summed E-state index contributed by atoms with van der Waals surface area (Å²) in [6.45, 7) is 0. The van der Waals surface area contributed by atoms with Crippen LogP contribution in [0.15, 0.2) is 66.7 Å². The average Bonchev–Trinajstić information content (AvgIpc) is 2.78. The van der Waals surface area contributed by atoms with Gasteiger partial charge in [-0.05, 0) is 59.7 Å². The normalized spacial score (nSPS) is 11.1. The lowest BCUT2D eigenvalue weighted by Gasteiger charge is -2.08. The Balaban J connectivity index is 1.74. The topological polar surface area (TPSA) is 101 Å². The number of amides is 2. The van der Waals surface area contributed by atoms with Gasteiger partial charge in [0.05, 0.1) is 4.92 Å². The van der Waals surface area contributed by atoms with Gasteiger partial charge in [0.2, 0.25) is 11.8 Å². The molecule has 0 saturated carbocycles. The molecule has 0 aliphatic heterocycles. The van der Waals surface area contributed by atoms with Crippen molar-refractivity contribution in [3.8, 4) is 0 Å². The molecule has 3 rings (SSSR count). The second kappa shape index (κ2) is 11.9. The number of nitrogens with zero attached hydrogens (tertiary/aromatic N) is 1.